The summed E-state index contributed by atoms with van der Waals surface area (Å²) in [5.41, 5.74) is 6.74. The lowest BCUT2D eigenvalue weighted by Gasteiger charge is -2.35. The molecule has 0 spiro atoms. The molecule has 0 aliphatic carbocycles. The Hall–Kier alpha value is -2.70. The number of carbonyl (C=O) groups is 2. The number of benzene rings is 2. The summed E-state index contributed by atoms with van der Waals surface area (Å²) >= 11 is 0. The Balaban J connectivity index is 1.43. The lowest BCUT2D eigenvalue weighted by Crippen LogP contribution is -2.51. The largest absolute Gasteiger partial charge is 0.339 e. The van der Waals surface area contributed by atoms with Crippen LogP contribution in [0.1, 0.15) is 27.8 Å². The molecule has 1 saturated heterocycles. The molecule has 0 aromatic heterocycles. The molecule has 1 aliphatic heterocycles. The molecule has 1 heterocycles. The predicted octanol–water partition coefficient (Wildman–Crippen LogP) is 3.13. The third-order valence-electron chi connectivity index (χ3n) is 5.97. The van der Waals surface area contributed by atoms with Crippen LogP contribution in [0.3, 0.4) is 0 Å². The van der Waals surface area contributed by atoms with E-state index in [4.69, 9.17) is 0 Å². The number of aryl methyl sites for hydroxylation is 4. The molecule has 0 unspecified atom stereocenters. The lowest BCUT2D eigenvalue weighted by molar-refractivity contribution is -0.134. The summed E-state index contributed by atoms with van der Waals surface area (Å²) < 4.78 is 0. The van der Waals surface area contributed by atoms with E-state index in [1.807, 2.05) is 32.7 Å². The molecule has 0 atom stereocenters. The molecule has 6 nitrogen and oxygen atoms in total. The minimum Gasteiger partial charge on any atom is -0.339 e. The van der Waals surface area contributed by atoms with Gasteiger partial charge in [-0.25, -0.2) is 0 Å². The van der Waals surface area contributed by atoms with Crippen LogP contribution in [-0.2, 0) is 16.1 Å². The van der Waals surface area contributed by atoms with Crippen molar-refractivity contribution in [1.82, 2.24) is 14.7 Å². The molecule has 1 N–H and O–H groups in total. The molecule has 0 radical (unpaired) electrons. The second kappa shape index (κ2) is 10.7. The summed E-state index contributed by atoms with van der Waals surface area (Å²) in [6, 6.07) is 12.7. The van der Waals surface area contributed by atoms with Crippen LogP contribution in [0.2, 0.25) is 0 Å². The van der Waals surface area contributed by atoms with E-state index < -0.39 is 0 Å². The molecule has 2 aromatic carbocycles. The monoisotopic (exact) mass is 436 g/mol. The molecule has 32 heavy (non-hydrogen) atoms. The normalized spacial score (nSPS) is 14.6. The fourth-order valence-corrected chi connectivity index (χ4v) is 4.41. The highest BCUT2D eigenvalue weighted by molar-refractivity contribution is 5.94. The number of rotatable bonds is 7. The number of amides is 2. The quantitative estimate of drug-likeness (QED) is 0.725. The summed E-state index contributed by atoms with van der Waals surface area (Å²) in [5, 5.41) is 3.01. The van der Waals surface area contributed by atoms with Gasteiger partial charge in [-0.3, -0.25) is 19.4 Å². The van der Waals surface area contributed by atoms with Crippen molar-refractivity contribution in [3.63, 3.8) is 0 Å². The zero-order valence-corrected chi connectivity index (χ0v) is 20.1. The Morgan fingerprint density at radius 2 is 1.56 bits per heavy atom. The Kier molecular flexibility index (Phi) is 8.04. The van der Waals surface area contributed by atoms with Gasteiger partial charge in [-0.1, -0.05) is 47.5 Å². The highest BCUT2D eigenvalue weighted by Gasteiger charge is 2.22. The van der Waals surface area contributed by atoms with Crippen LogP contribution in [0.15, 0.2) is 36.4 Å². The van der Waals surface area contributed by atoms with Crippen LogP contribution in [0, 0.1) is 27.7 Å². The van der Waals surface area contributed by atoms with Crippen LogP contribution in [0.5, 0.6) is 0 Å². The molecule has 1 aliphatic rings. The van der Waals surface area contributed by atoms with Crippen molar-refractivity contribution in [2.24, 2.45) is 0 Å². The highest BCUT2D eigenvalue weighted by Crippen LogP contribution is 2.21. The van der Waals surface area contributed by atoms with Crippen LogP contribution in [0.4, 0.5) is 5.69 Å². The van der Waals surface area contributed by atoms with Crippen molar-refractivity contribution >= 4 is 17.5 Å². The summed E-state index contributed by atoms with van der Waals surface area (Å²) in [6.07, 6.45) is 0. The minimum absolute atomic E-state index is 0.0817. The number of hydrogen-bond donors (Lipinski definition) is 1. The summed E-state index contributed by atoms with van der Waals surface area (Å²) in [6.45, 7) is 12.7. The molecule has 1 fully saturated rings. The Bertz CT molecular complexity index is 941. The van der Waals surface area contributed by atoms with Gasteiger partial charge >= 0.3 is 0 Å². The van der Waals surface area contributed by atoms with Crippen molar-refractivity contribution in [2.45, 2.75) is 34.2 Å². The van der Waals surface area contributed by atoms with E-state index in [1.165, 1.54) is 16.7 Å². The number of likely N-dealkylation sites (N-methyl/N-ethyl adjacent to an activating group) is 1. The lowest BCUT2D eigenvalue weighted by atomic mass is 10.1. The molecule has 2 amide bonds. The first-order valence-corrected chi connectivity index (χ1v) is 11.3. The van der Waals surface area contributed by atoms with Gasteiger partial charge in [0.1, 0.15) is 0 Å². The van der Waals surface area contributed by atoms with Gasteiger partial charge in [-0.15, -0.1) is 0 Å². The summed E-state index contributed by atoms with van der Waals surface area (Å²) in [4.78, 5) is 31.4. The third kappa shape index (κ3) is 6.65. The molecule has 0 saturated carbocycles. The van der Waals surface area contributed by atoms with E-state index in [2.05, 4.69) is 53.5 Å². The maximum atomic E-state index is 12.7. The van der Waals surface area contributed by atoms with Gasteiger partial charge in [-0.05, 0) is 51.4 Å². The SMILES string of the molecule is Cc1cccc(CN2CCN(C(=O)CN(C)CC(=O)Nc3c(C)cc(C)cc3C)CC2)c1. The van der Waals surface area contributed by atoms with Gasteiger partial charge in [0.2, 0.25) is 11.8 Å². The molecular formula is C26H36N4O2. The molecular weight excluding hydrogens is 400 g/mol. The molecule has 172 valence electrons. The number of nitrogens with zero attached hydrogens (tertiary/aromatic N) is 3. The summed E-state index contributed by atoms with van der Waals surface area (Å²) in [5.74, 6) is -0.0171. The Labute approximate surface area is 192 Å². The predicted molar refractivity (Wildman–Crippen MR) is 130 cm³/mol. The Morgan fingerprint density at radius 3 is 2.19 bits per heavy atom. The van der Waals surface area contributed by atoms with Crippen LogP contribution >= 0.6 is 0 Å². The van der Waals surface area contributed by atoms with E-state index in [0.29, 0.717) is 0 Å². The molecule has 0 bridgehead atoms. The highest BCUT2D eigenvalue weighted by atomic mass is 16.2. The van der Waals surface area contributed by atoms with Gasteiger partial charge in [0.05, 0.1) is 13.1 Å². The van der Waals surface area contributed by atoms with E-state index >= 15 is 0 Å². The van der Waals surface area contributed by atoms with Crippen molar-refractivity contribution in [2.75, 3.05) is 51.6 Å². The van der Waals surface area contributed by atoms with Crippen molar-refractivity contribution < 1.29 is 9.59 Å². The molecule has 6 heteroatoms. The smallest absolute Gasteiger partial charge is 0.238 e. The van der Waals surface area contributed by atoms with Crippen LogP contribution in [0.25, 0.3) is 0 Å². The summed E-state index contributed by atoms with van der Waals surface area (Å²) in [7, 11) is 1.82. The number of carbonyl (C=O) groups excluding carboxylic acids is 2. The first-order valence-electron chi connectivity index (χ1n) is 11.3. The maximum Gasteiger partial charge on any atom is 0.238 e. The van der Waals surface area contributed by atoms with E-state index in [1.54, 1.807) is 4.90 Å². The van der Waals surface area contributed by atoms with Crippen LogP contribution < -0.4 is 5.32 Å². The number of nitrogens with one attached hydrogen (secondary N) is 1. The standard InChI is InChI=1S/C26H36N4O2/c1-19-7-6-8-23(15-19)16-29-9-11-30(12-10-29)25(32)18-28(5)17-24(31)27-26-21(3)13-20(2)14-22(26)4/h6-8,13-15H,9-12,16-18H2,1-5H3,(H,27,31). The van der Waals surface area contributed by atoms with Crippen molar-refractivity contribution in [1.29, 1.82) is 0 Å². The second-order valence-electron chi connectivity index (χ2n) is 9.14. The van der Waals surface area contributed by atoms with Gasteiger partial charge in [-0.2, -0.15) is 0 Å². The fraction of sp³-hybridized carbons (Fsp3) is 0.462. The van der Waals surface area contributed by atoms with Crippen LogP contribution in [-0.4, -0.2) is 72.8 Å². The van der Waals surface area contributed by atoms with Gasteiger partial charge < -0.3 is 10.2 Å². The maximum absolute atomic E-state index is 12.7. The second-order valence-corrected chi connectivity index (χ2v) is 9.14. The average molecular weight is 437 g/mol. The van der Waals surface area contributed by atoms with E-state index in [9.17, 15) is 9.59 Å². The molecule has 2 aromatic rings. The zero-order valence-electron chi connectivity index (χ0n) is 20.1. The van der Waals surface area contributed by atoms with Gasteiger partial charge in [0.25, 0.3) is 0 Å². The third-order valence-corrected chi connectivity index (χ3v) is 5.97. The first-order chi connectivity index (χ1) is 15.2. The van der Waals surface area contributed by atoms with E-state index in [-0.39, 0.29) is 24.9 Å². The van der Waals surface area contributed by atoms with Gasteiger partial charge in [0.15, 0.2) is 0 Å². The van der Waals surface area contributed by atoms with E-state index in [0.717, 1.165) is 49.5 Å². The topological polar surface area (TPSA) is 55.9 Å². The van der Waals surface area contributed by atoms with Crippen molar-refractivity contribution in [3.05, 3.63) is 64.2 Å². The van der Waals surface area contributed by atoms with Crippen molar-refractivity contribution in [3.8, 4) is 0 Å². The number of hydrogen-bond acceptors (Lipinski definition) is 4. The first kappa shape index (κ1) is 24.0. The minimum atomic E-state index is -0.0988. The average Bonchev–Trinajstić information content (AvgIpc) is 2.71. The Morgan fingerprint density at radius 1 is 0.906 bits per heavy atom. The number of piperazine rings is 1. The van der Waals surface area contributed by atoms with Gasteiger partial charge in [0, 0.05) is 38.4 Å². The zero-order chi connectivity index (χ0) is 23.3. The molecule has 3 rings (SSSR count). The number of anilines is 1. The fourth-order valence-electron chi connectivity index (χ4n) is 4.41.